The molecule has 1 saturated heterocycles. The molecule has 2 aromatic heterocycles. The lowest BCUT2D eigenvalue weighted by Gasteiger charge is -2.24. The predicted octanol–water partition coefficient (Wildman–Crippen LogP) is 2.95. The smallest absolute Gasteiger partial charge is 0.226 e. The second-order valence-electron chi connectivity index (χ2n) is 6.10. The summed E-state index contributed by atoms with van der Waals surface area (Å²) in [6.07, 6.45) is 7.16. The molecule has 0 N–H and O–H groups in total. The topological polar surface area (TPSA) is 38.1 Å². The van der Waals surface area contributed by atoms with Crippen molar-refractivity contribution in [1.82, 2.24) is 14.7 Å². The van der Waals surface area contributed by atoms with E-state index in [2.05, 4.69) is 27.5 Å². The Labute approximate surface area is 128 Å². The summed E-state index contributed by atoms with van der Waals surface area (Å²) in [5.41, 5.74) is 1.21. The number of nitrogens with zero attached hydrogens (tertiary/aromatic N) is 3. The van der Waals surface area contributed by atoms with Gasteiger partial charge in [0.1, 0.15) is 0 Å². The Balaban J connectivity index is 1.48. The summed E-state index contributed by atoms with van der Waals surface area (Å²) in [7, 11) is 1.93. The van der Waals surface area contributed by atoms with Crippen LogP contribution in [0.25, 0.3) is 0 Å². The van der Waals surface area contributed by atoms with Gasteiger partial charge in [0, 0.05) is 30.6 Å². The molecular formula is C16H19N3OS. The van der Waals surface area contributed by atoms with Crippen LogP contribution in [0.1, 0.15) is 41.7 Å². The fourth-order valence-electron chi connectivity index (χ4n) is 3.49. The van der Waals surface area contributed by atoms with Gasteiger partial charge in [0.15, 0.2) is 0 Å². The molecule has 0 unspecified atom stereocenters. The Kier molecular flexibility index (Phi) is 3.10. The SMILES string of the molecule is Cn1cc([C@@H]2C[C@H]2C(=O)N2CCC[C@H]2c2cccs2)cn1. The van der Waals surface area contributed by atoms with Crippen molar-refractivity contribution < 1.29 is 4.79 Å². The lowest BCUT2D eigenvalue weighted by molar-refractivity contribution is -0.133. The highest BCUT2D eigenvalue weighted by atomic mass is 32.1. The number of hydrogen-bond acceptors (Lipinski definition) is 3. The average molecular weight is 301 g/mol. The third-order valence-corrected chi connectivity index (χ3v) is 5.64. The van der Waals surface area contributed by atoms with Gasteiger partial charge < -0.3 is 4.90 Å². The van der Waals surface area contributed by atoms with Gasteiger partial charge >= 0.3 is 0 Å². The van der Waals surface area contributed by atoms with Crippen LogP contribution in [0.5, 0.6) is 0 Å². The number of hydrogen-bond donors (Lipinski definition) is 0. The molecule has 21 heavy (non-hydrogen) atoms. The van der Waals surface area contributed by atoms with E-state index in [1.165, 1.54) is 10.4 Å². The quantitative estimate of drug-likeness (QED) is 0.874. The van der Waals surface area contributed by atoms with Gasteiger partial charge in [-0.05, 0) is 42.2 Å². The third-order valence-electron chi connectivity index (χ3n) is 4.67. The highest BCUT2D eigenvalue weighted by Gasteiger charge is 2.48. The fourth-order valence-corrected chi connectivity index (χ4v) is 4.36. The maximum atomic E-state index is 12.8. The molecule has 5 heteroatoms. The molecule has 4 rings (SSSR count). The van der Waals surface area contributed by atoms with E-state index >= 15 is 0 Å². The van der Waals surface area contributed by atoms with Crippen molar-refractivity contribution in [3.8, 4) is 0 Å². The van der Waals surface area contributed by atoms with E-state index in [-0.39, 0.29) is 5.92 Å². The first-order valence-corrected chi connectivity index (χ1v) is 8.44. The lowest BCUT2D eigenvalue weighted by atomic mass is 10.1. The highest BCUT2D eigenvalue weighted by Crippen LogP contribution is 2.50. The zero-order chi connectivity index (χ0) is 14.4. The van der Waals surface area contributed by atoms with Crippen molar-refractivity contribution in [1.29, 1.82) is 0 Å². The molecule has 110 valence electrons. The Bertz CT molecular complexity index is 648. The molecular weight excluding hydrogens is 282 g/mol. The van der Waals surface area contributed by atoms with E-state index in [0.717, 1.165) is 25.8 Å². The molecule has 1 aliphatic carbocycles. The molecule has 2 fully saturated rings. The largest absolute Gasteiger partial charge is 0.335 e. The van der Waals surface area contributed by atoms with E-state index in [4.69, 9.17) is 0 Å². The first-order chi connectivity index (χ1) is 10.2. The van der Waals surface area contributed by atoms with Crippen molar-refractivity contribution in [3.63, 3.8) is 0 Å². The summed E-state index contributed by atoms with van der Waals surface area (Å²) in [6.45, 7) is 0.914. The Morgan fingerprint density at radius 2 is 2.38 bits per heavy atom. The Morgan fingerprint density at radius 1 is 1.48 bits per heavy atom. The van der Waals surface area contributed by atoms with E-state index in [1.807, 2.05) is 24.1 Å². The van der Waals surface area contributed by atoms with Crippen LogP contribution in [0.15, 0.2) is 29.9 Å². The van der Waals surface area contributed by atoms with Crippen molar-refractivity contribution in [2.75, 3.05) is 6.54 Å². The van der Waals surface area contributed by atoms with Crippen LogP contribution < -0.4 is 0 Å². The van der Waals surface area contributed by atoms with Gasteiger partial charge in [0.2, 0.25) is 5.91 Å². The van der Waals surface area contributed by atoms with Crippen LogP contribution in [0, 0.1) is 5.92 Å². The summed E-state index contributed by atoms with van der Waals surface area (Å²) >= 11 is 1.77. The van der Waals surface area contributed by atoms with E-state index in [0.29, 0.717) is 17.9 Å². The van der Waals surface area contributed by atoms with Gasteiger partial charge in [-0.25, -0.2) is 0 Å². The van der Waals surface area contributed by atoms with Gasteiger partial charge in [0.25, 0.3) is 0 Å². The van der Waals surface area contributed by atoms with Gasteiger partial charge in [-0.1, -0.05) is 6.07 Å². The van der Waals surface area contributed by atoms with Crippen LogP contribution in [-0.2, 0) is 11.8 Å². The average Bonchev–Trinajstić information content (AvgIpc) is 2.94. The van der Waals surface area contributed by atoms with Gasteiger partial charge in [-0.15, -0.1) is 11.3 Å². The second kappa shape index (κ2) is 4.98. The summed E-state index contributed by atoms with van der Waals surface area (Å²) < 4.78 is 1.82. The number of thiophene rings is 1. The number of aryl methyl sites for hydroxylation is 1. The zero-order valence-corrected chi connectivity index (χ0v) is 12.9. The number of carbonyl (C=O) groups is 1. The van der Waals surface area contributed by atoms with Crippen molar-refractivity contribution in [3.05, 3.63) is 40.3 Å². The molecule has 1 amide bonds. The molecule has 1 aliphatic heterocycles. The van der Waals surface area contributed by atoms with E-state index in [1.54, 1.807) is 11.3 Å². The molecule has 0 bridgehead atoms. The zero-order valence-electron chi connectivity index (χ0n) is 12.1. The molecule has 0 aromatic carbocycles. The fraction of sp³-hybridized carbons (Fsp3) is 0.500. The van der Waals surface area contributed by atoms with Gasteiger partial charge in [-0.3, -0.25) is 9.48 Å². The van der Waals surface area contributed by atoms with Crippen molar-refractivity contribution in [2.24, 2.45) is 13.0 Å². The summed E-state index contributed by atoms with van der Waals surface area (Å²) in [6, 6.07) is 4.55. The molecule has 2 aliphatic rings. The number of aromatic nitrogens is 2. The summed E-state index contributed by atoms with van der Waals surface area (Å²) in [5.74, 6) is 0.908. The summed E-state index contributed by atoms with van der Waals surface area (Å²) in [5, 5.41) is 6.32. The van der Waals surface area contributed by atoms with Crippen LogP contribution in [0.3, 0.4) is 0 Å². The Hall–Kier alpha value is -1.62. The van der Waals surface area contributed by atoms with Crippen LogP contribution in [0.4, 0.5) is 0 Å². The Morgan fingerprint density at radius 3 is 3.10 bits per heavy atom. The maximum absolute atomic E-state index is 12.8. The van der Waals surface area contributed by atoms with Crippen molar-refractivity contribution in [2.45, 2.75) is 31.2 Å². The molecule has 3 heterocycles. The summed E-state index contributed by atoms with van der Waals surface area (Å²) in [4.78, 5) is 16.3. The molecule has 2 aromatic rings. The van der Waals surface area contributed by atoms with Crippen LogP contribution in [0.2, 0.25) is 0 Å². The number of likely N-dealkylation sites (tertiary alicyclic amines) is 1. The first-order valence-electron chi connectivity index (χ1n) is 7.56. The van der Waals surface area contributed by atoms with E-state index < -0.39 is 0 Å². The third kappa shape index (κ3) is 2.29. The van der Waals surface area contributed by atoms with Crippen LogP contribution in [-0.4, -0.2) is 27.1 Å². The van der Waals surface area contributed by atoms with Gasteiger partial charge in [-0.2, -0.15) is 5.10 Å². The molecule has 0 radical (unpaired) electrons. The standard InChI is InChI=1S/C16H19N3OS/c1-18-10-11(9-17-18)12-8-13(12)16(20)19-6-2-4-14(19)15-5-3-7-21-15/h3,5,7,9-10,12-14H,2,4,6,8H2,1H3/t12-,13+,14-/m0/s1. The maximum Gasteiger partial charge on any atom is 0.226 e. The minimum Gasteiger partial charge on any atom is -0.335 e. The molecule has 4 nitrogen and oxygen atoms in total. The van der Waals surface area contributed by atoms with Crippen molar-refractivity contribution >= 4 is 17.2 Å². The normalized spacial score (nSPS) is 28.0. The number of amides is 1. The second-order valence-corrected chi connectivity index (χ2v) is 7.08. The predicted molar refractivity (Wildman–Crippen MR) is 82.1 cm³/mol. The highest BCUT2D eigenvalue weighted by molar-refractivity contribution is 7.10. The van der Waals surface area contributed by atoms with E-state index in [9.17, 15) is 4.79 Å². The van der Waals surface area contributed by atoms with Gasteiger partial charge in [0.05, 0.1) is 12.2 Å². The van der Waals surface area contributed by atoms with Crippen LogP contribution >= 0.6 is 11.3 Å². The number of rotatable bonds is 3. The molecule has 0 spiro atoms. The molecule has 3 atom stereocenters. The molecule has 1 saturated carbocycles. The minimum absolute atomic E-state index is 0.176. The minimum atomic E-state index is 0.176. The first kappa shape index (κ1) is 13.1. The number of carbonyl (C=O) groups excluding carboxylic acids is 1. The lowest BCUT2D eigenvalue weighted by Crippen LogP contribution is -2.31. The monoisotopic (exact) mass is 301 g/mol.